The van der Waals surface area contributed by atoms with Crippen LogP contribution in [0.25, 0.3) is 11.3 Å². The van der Waals surface area contributed by atoms with Crippen molar-refractivity contribution in [2.24, 2.45) is 5.92 Å². The molecular formula is C23H20F4N4O2. The van der Waals surface area contributed by atoms with Crippen molar-refractivity contribution in [3.63, 3.8) is 0 Å². The molecule has 0 saturated carbocycles. The summed E-state index contributed by atoms with van der Waals surface area (Å²) in [6.45, 7) is 1.09. The van der Waals surface area contributed by atoms with E-state index in [1.165, 1.54) is 30.3 Å². The van der Waals surface area contributed by atoms with Crippen molar-refractivity contribution >= 4 is 17.4 Å². The van der Waals surface area contributed by atoms with Gasteiger partial charge in [-0.05, 0) is 61.4 Å². The van der Waals surface area contributed by atoms with E-state index in [4.69, 9.17) is 0 Å². The highest BCUT2D eigenvalue weighted by molar-refractivity contribution is 5.94. The molecule has 6 nitrogen and oxygen atoms in total. The maximum atomic E-state index is 13.1. The second kappa shape index (κ2) is 9.43. The molecule has 1 fully saturated rings. The van der Waals surface area contributed by atoms with Gasteiger partial charge in [0.2, 0.25) is 5.91 Å². The fourth-order valence-corrected chi connectivity index (χ4v) is 3.66. The number of rotatable bonds is 5. The lowest BCUT2D eigenvalue weighted by Crippen LogP contribution is -2.38. The quantitative estimate of drug-likeness (QED) is 0.541. The number of carbonyl (C=O) groups is 1. The van der Waals surface area contributed by atoms with E-state index in [1.807, 2.05) is 11.0 Å². The molecule has 172 valence electrons. The second-order valence-electron chi connectivity index (χ2n) is 7.58. The van der Waals surface area contributed by atoms with Gasteiger partial charge in [0.05, 0.1) is 11.4 Å². The molecule has 4 rings (SSSR count). The van der Waals surface area contributed by atoms with Crippen LogP contribution in [0.1, 0.15) is 12.8 Å². The molecule has 1 N–H and O–H groups in total. The molecule has 0 aliphatic carbocycles. The number of halogens is 4. The second-order valence-corrected chi connectivity index (χ2v) is 7.58. The Hall–Kier alpha value is -3.69. The Labute approximate surface area is 187 Å². The molecule has 0 unspecified atom stereocenters. The number of amides is 1. The van der Waals surface area contributed by atoms with Gasteiger partial charge in [0.1, 0.15) is 5.82 Å². The van der Waals surface area contributed by atoms with E-state index >= 15 is 0 Å². The topological polar surface area (TPSA) is 67.3 Å². The normalized spacial score (nSPS) is 14.7. The molecule has 33 heavy (non-hydrogen) atoms. The molecule has 1 aromatic heterocycles. The number of alkyl halides is 3. The number of anilines is 2. The van der Waals surface area contributed by atoms with Gasteiger partial charge in [-0.15, -0.1) is 23.4 Å². The fraction of sp³-hybridized carbons (Fsp3) is 0.261. The molecule has 10 heteroatoms. The number of nitrogens with one attached hydrogen (secondary N) is 1. The minimum atomic E-state index is -4.85. The summed E-state index contributed by atoms with van der Waals surface area (Å²) in [5, 5.41) is 11.0. The van der Waals surface area contributed by atoms with Gasteiger partial charge in [0.25, 0.3) is 0 Å². The lowest BCUT2D eigenvalue weighted by Gasteiger charge is -2.32. The summed E-state index contributed by atoms with van der Waals surface area (Å²) in [6.07, 6.45) is -3.83. The Balaban J connectivity index is 1.34. The number of hydrogen-bond donors (Lipinski definition) is 1. The predicted octanol–water partition coefficient (Wildman–Crippen LogP) is 5.04. The largest absolute Gasteiger partial charge is 0.573 e. The Kier molecular flexibility index (Phi) is 6.43. The van der Waals surface area contributed by atoms with E-state index < -0.39 is 12.1 Å². The molecule has 1 aliphatic heterocycles. The van der Waals surface area contributed by atoms with E-state index in [9.17, 15) is 22.4 Å². The highest BCUT2D eigenvalue weighted by Crippen LogP contribution is 2.31. The van der Waals surface area contributed by atoms with Crippen LogP contribution in [0, 0.1) is 11.7 Å². The van der Waals surface area contributed by atoms with Gasteiger partial charge in [-0.2, -0.15) is 0 Å². The van der Waals surface area contributed by atoms with Crippen molar-refractivity contribution in [2.75, 3.05) is 23.3 Å². The van der Waals surface area contributed by atoms with Crippen molar-refractivity contribution in [1.29, 1.82) is 0 Å². The zero-order valence-electron chi connectivity index (χ0n) is 17.3. The lowest BCUT2D eigenvalue weighted by atomic mass is 9.95. The van der Waals surface area contributed by atoms with Crippen molar-refractivity contribution in [3.8, 4) is 17.0 Å². The van der Waals surface area contributed by atoms with Gasteiger partial charge < -0.3 is 15.0 Å². The Morgan fingerprint density at radius 3 is 2.30 bits per heavy atom. The first kappa shape index (κ1) is 22.5. The fourth-order valence-electron chi connectivity index (χ4n) is 3.66. The SMILES string of the molecule is O=C(Nc1ccccc1OC(F)(F)F)C1CCN(c2ccc(-c3ccc(F)cc3)nn2)CC1. The number of benzene rings is 2. The maximum absolute atomic E-state index is 13.1. The van der Waals surface area contributed by atoms with E-state index in [1.54, 1.807) is 18.2 Å². The standard InChI is InChI=1S/C23H20F4N4O2/c24-17-7-5-15(6-8-17)18-9-10-21(30-29-18)31-13-11-16(12-14-31)22(32)28-19-3-1-2-4-20(19)33-23(25,26)27/h1-10,16H,11-14H2,(H,28,32). The maximum Gasteiger partial charge on any atom is 0.573 e. The van der Waals surface area contributed by atoms with Crippen molar-refractivity contribution in [2.45, 2.75) is 19.2 Å². The number of piperidine rings is 1. The predicted molar refractivity (Wildman–Crippen MR) is 114 cm³/mol. The molecule has 1 aliphatic rings. The summed E-state index contributed by atoms with van der Waals surface area (Å²) in [5.74, 6) is -0.834. The van der Waals surface area contributed by atoms with E-state index in [-0.39, 0.29) is 23.3 Å². The monoisotopic (exact) mass is 460 g/mol. The summed E-state index contributed by atoms with van der Waals surface area (Å²) in [7, 11) is 0. The molecular weight excluding hydrogens is 440 g/mol. The molecule has 0 atom stereocenters. The van der Waals surface area contributed by atoms with Crippen LogP contribution >= 0.6 is 0 Å². The minimum Gasteiger partial charge on any atom is -0.404 e. The number of para-hydroxylation sites is 2. The first-order valence-corrected chi connectivity index (χ1v) is 10.3. The first-order valence-electron chi connectivity index (χ1n) is 10.3. The van der Waals surface area contributed by atoms with Crippen LogP contribution in [-0.4, -0.2) is 35.6 Å². The van der Waals surface area contributed by atoms with Crippen molar-refractivity contribution in [3.05, 3.63) is 66.5 Å². The van der Waals surface area contributed by atoms with Gasteiger partial charge in [-0.25, -0.2) is 4.39 Å². The van der Waals surface area contributed by atoms with Crippen molar-refractivity contribution in [1.82, 2.24) is 10.2 Å². The first-order chi connectivity index (χ1) is 15.8. The lowest BCUT2D eigenvalue weighted by molar-refractivity contribution is -0.274. The Morgan fingerprint density at radius 1 is 0.970 bits per heavy atom. The Bertz CT molecular complexity index is 1100. The number of nitrogens with zero attached hydrogens (tertiary/aromatic N) is 3. The third kappa shape index (κ3) is 5.76. The molecule has 1 saturated heterocycles. The third-order valence-electron chi connectivity index (χ3n) is 5.35. The minimum absolute atomic E-state index is 0.0236. The van der Waals surface area contributed by atoms with Crippen LogP contribution < -0.4 is 15.0 Å². The third-order valence-corrected chi connectivity index (χ3v) is 5.35. The molecule has 0 spiro atoms. The van der Waals surface area contributed by atoms with Crippen LogP contribution in [0.2, 0.25) is 0 Å². The molecule has 0 bridgehead atoms. The zero-order valence-corrected chi connectivity index (χ0v) is 17.3. The van der Waals surface area contributed by atoms with Gasteiger partial charge in [0, 0.05) is 24.6 Å². The average Bonchev–Trinajstić information content (AvgIpc) is 2.80. The number of hydrogen-bond acceptors (Lipinski definition) is 5. The highest BCUT2D eigenvalue weighted by Gasteiger charge is 2.33. The molecule has 3 aromatic rings. The van der Waals surface area contributed by atoms with Gasteiger partial charge in [-0.1, -0.05) is 12.1 Å². The molecule has 1 amide bonds. The summed E-state index contributed by atoms with van der Waals surface area (Å²) < 4.78 is 54.8. The summed E-state index contributed by atoms with van der Waals surface area (Å²) in [5.41, 5.74) is 1.35. The summed E-state index contributed by atoms with van der Waals surface area (Å²) >= 11 is 0. The van der Waals surface area contributed by atoms with Crippen LogP contribution in [0.5, 0.6) is 5.75 Å². The summed E-state index contributed by atoms with van der Waals surface area (Å²) in [4.78, 5) is 14.6. The number of carbonyl (C=O) groups excluding carboxylic acids is 1. The number of ether oxygens (including phenoxy) is 1. The zero-order chi connectivity index (χ0) is 23.4. The van der Waals surface area contributed by atoms with Crippen LogP contribution in [0.3, 0.4) is 0 Å². The molecule has 0 radical (unpaired) electrons. The van der Waals surface area contributed by atoms with E-state index in [0.717, 1.165) is 11.6 Å². The number of aromatic nitrogens is 2. The smallest absolute Gasteiger partial charge is 0.404 e. The van der Waals surface area contributed by atoms with E-state index in [2.05, 4.69) is 20.3 Å². The Morgan fingerprint density at radius 2 is 1.67 bits per heavy atom. The van der Waals surface area contributed by atoms with Crippen molar-refractivity contribution < 1.29 is 27.1 Å². The molecule has 2 aromatic carbocycles. The van der Waals surface area contributed by atoms with Gasteiger partial charge in [0.15, 0.2) is 11.6 Å². The van der Waals surface area contributed by atoms with Crippen LogP contribution in [0.4, 0.5) is 29.1 Å². The summed E-state index contributed by atoms with van der Waals surface area (Å²) in [6, 6.07) is 15.0. The van der Waals surface area contributed by atoms with E-state index in [0.29, 0.717) is 37.4 Å². The van der Waals surface area contributed by atoms with Gasteiger partial charge in [-0.3, -0.25) is 4.79 Å². The van der Waals surface area contributed by atoms with Crippen LogP contribution in [0.15, 0.2) is 60.7 Å². The van der Waals surface area contributed by atoms with Gasteiger partial charge >= 0.3 is 6.36 Å². The average molecular weight is 460 g/mol. The molecule has 2 heterocycles. The highest BCUT2D eigenvalue weighted by atomic mass is 19.4. The van der Waals surface area contributed by atoms with Crippen LogP contribution in [-0.2, 0) is 4.79 Å².